The number of halogens is 1. The summed E-state index contributed by atoms with van der Waals surface area (Å²) in [6.45, 7) is 0. The van der Waals surface area contributed by atoms with Crippen molar-refractivity contribution in [1.29, 1.82) is 0 Å². The highest BCUT2D eigenvalue weighted by atomic mass is 35.5. The molecule has 0 aliphatic rings. The molecule has 0 fully saturated rings. The van der Waals surface area contributed by atoms with Crippen molar-refractivity contribution in [2.24, 2.45) is 0 Å². The first-order chi connectivity index (χ1) is 9.86. The van der Waals surface area contributed by atoms with Crippen LogP contribution in [-0.2, 0) is 12.8 Å². The summed E-state index contributed by atoms with van der Waals surface area (Å²) in [5, 5.41) is 13.3. The number of fused-ring (bicyclic) bond motifs is 1. The van der Waals surface area contributed by atoms with Gasteiger partial charge in [0.15, 0.2) is 0 Å². The SMILES string of the molecule is ClCCCc1nnc(Cc2cccc3ccccc23)s1. The molecule has 0 spiro atoms. The molecule has 1 aromatic heterocycles. The molecule has 1 heterocycles. The molecule has 0 saturated heterocycles. The number of aromatic nitrogens is 2. The van der Waals surface area contributed by atoms with Gasteiger partial charge in [0.25, 0.3) is 0 Å². The van der Waals surface area contributed by atoms with Gasteiger partial charge in [-0.25, -0.2) is 0 Å². The summed E-state index contributed by atoms with van der Waals surface area (Å²) in [6, 6.07) is 14.9. The van der Waals surface area contributed by atoms with E-state index < -0.39 is 0 Å². The lowest BCUT2D eigenvalue weighted by atomic mass is 10.0. The summed E-state index contributed by atoms with van der Waals surface area (Å²) < 4.78 is 0. The van der Waals surface area contributed by atoms with Gasteiger partial charge in [-0.1, -0.05) is 42.5 Å². The van der Waals surface area contributed by atoms with E-state index in [0.717, 1.165) is 29.3 Å². The van der Waals surface area contributed by atoms with E-state index in [1.807, 2.05) is 0 Å². The third-order valence-electron chi connectivity index (χ3n) is 3.25. The summed E-state index contributed by atoms with van der Waals surface area (Å²) in [4.78, 5) is 0. The zero-order chi connectivity index (χ0) is 13.8. The fraction of sp³-hybridized carbons (Fsp3) is 0.250. The first-order valence-corrected chi connectivity index (χ1v) is 8.06. The van der Waals surface area contributed by atoms with Crippen molar-refractivity contribution < 1.29 is 0 Å². The highest BCUT2D eigenvalue weighted by Crippen LogP contribution is 2.23. The van der Waals surface area contributed by atoms with Crippen LogP contribution in [0.1, 0.15) is 22.0 Å². The van der Waals surface area contributed by atoms with Crippen molar-refractivity contribution in [1.82, 2.24) is 10.2 Å². The summed E-state index contributed by atoms with van der Waals surface area (Å²) in [7, 11) is 0. The number of hydrogen-bond acceptors (Lipinski definition) is 3. The Kier molecular flexibility index (Phi) is 4.28. The second kappa shape index (κ2) is 6.33. The largest absolute Gasteiger partial charge is 0.144 e. The third-order valence-corrected chi connectivity index (χ3v) is 4.50. The highest BCUT2D eigenvalue weighted by Gasteiger charge is 2.07. The lowest BCUT2D eigenvalue weighted by molar-refractivity contribution is 0.874. The standard InChI is InChI=1S/C16H15ClN2S/c17-10-4-9-15-18-19-16(20-15)11-13-7-3-6-12-5-1-2-8-14(12)13/h1-3,5-8H,4,9-11H2. The molecule has 2 aromatic carbocycles. The second-order valence-electron chi connectivity index (χ2n) is 4.70. The van der Waals surface area contributed by atoms with Gasteiger partial charge in [0.05, 0.1) is 0 Å². The smallest absolute Gasteiger partial charge is 0.121 e. The molecule has 0 radical (unpaired) electrons. The molecule has 2 nitrogen and oxygen atoms in total. The van der Waals surface area contributed by atoms with Gasteiger partial charge in [0.1, 0.15) is 10.0 Å². The van der Waals surface area contributed by atoms with Gasteiger partial charge in [-0.3, -0.25) is 0 Å². The molecule has 3 aromatic rings. The van der Waals surface area contributed by atoms with Crippen LogP contribution in [0.4, 0.5) is 0 Å². The van der Waals surface area contributed by atoms with Crippen LogP contribution in [0.2, 0.25) is 0 Å². The van der Waals surface area contributed by atoms with Crippen LogP contribution in [-0.4, -0.2) is 16.1 Å². The van der Waals surface area contributed by atoms with Crippen molar-refractivity contribution in [3.05, 3.63) is 58.0 Å². The number of nitrogens with zero attached hydrogens (tertiary/aromatic N) is 2. The van der Waals surface area contributed by atoms with Crippen LogP contribution in [0.5, 0.6) is 0 Å². The molecule has 102 valence electrons. The highest BCUT2D eigenvalue weighted by molar-refractivity contribution is 7.11. The Balaban J connectivity index is 1.84. The number of alkyl halides is 1. The maximum absolute atomic E-state index is 5.71. The van der Waals surface area contributed by atoms with E-state index >= 15 is 0 Å². The first kappa shape index (κ1) is 13.5. The molecule has 20 heavy (non-hydrogen) atoms. The number of aryl methyl sites for hydroxylation is 1. The Morgan fingerprint density at radius 3 is 2.65 bits per heavy atom. The average Bonchev–Trinajstić information content (AvgIpc) is 2.93. The first-order valence-electron chi connectivity index (χ1n) is 6.70. The van der Waals surface area contributed by atoms with Gasteiger partial charge >= 0.3 is 0 Å². The van der Waals surface area contributed by atoms with Crippen LogP contribution in [0.3, 0.4) is 0 Å². The minimum absolute atomic E-state index is 0.679. The molecule has 0 N–H and O–H groups in total. The minimum Gasteiger partial charge on any atom is -0.144 e. The van der Waals surface area contributed by atoms with E-state index in [1.165, 1.54) is 16.3 Å². The number of benzene rings is 2. The Bertz CT molecular complexity index is 703. The molecular weight excluding hydrogens is 288 g/mol. The van der Waals surface area contributed by atoms with Crippen molar-refractivity contribution in [3.63, 3.8) is 0 Å². The average molecular weight is 303 g/mol. The summed E-state index contributed by atoms with van der Waals surface area (Å²) in [6.07, 6.45) is 2.74. The Morgan fingerprint density at radius 2 is 1.75 bits per heavy atom. The molecule has 0 amide bonds. The lowest BCUT2D eigenvalue weighted by Gasteiger charge is -2.03. The van der Waals surface area contributed by atoms with E-state index in [2.05, 4.69) is 52.7 Å². The van der Waals surface area contributed by atoms with Crippen molar-refractivity contribution in [2.75, 3.05) is 5.88 Å². The normalized spacial score (nSPS) is 11.1. The summed E-state index contributed by atoms with van der Waals surface area (Å²) in [5.74, 6) is 0.679. The fourth-order valence-corrected chi connectivity index (χ4v) is 3.33. The van der Waals surface area contributed by atoms with E-state index in [4.69, 9.17) is 11.6 Å². The molecule has 0 unspecified atom stereocenters. The molecule has 0 saturated carbocycles. The van der Waals surface area contributed by atoms with Crippen LogP contribution in [0, 0.1) is 0 Å². The van der Waals surface area contributed by atoms with Crippen molar-refractivity contribution >= 4 is 33.7 Å². The number of hydrogen-bond donors (Lipinski definition) is 0. The van der Waals surface area contributed by atoms with E-state index in [0.29, 0.717) is 5.88 Å². The fourth-order valence-electron chi connectivity index (χ4n) is 2.29. The molecule has 0 aliphatic heterocycles. The van der Waals surface area contributed by atoms with E-state index in [9.17, 15) is 0 Å². The van der Waals surface area contributed by atoms with E-state index in [-0.39, 0.29) is 0 Å². The second-order valence-corrected chi connectivity index (χ2v) is 6.22. The van der Waals surface area contributed by atoms with Crippen molar-refractivity contribution in [2.45, 2.75) is 19.3 Å². The predicted molar refractivity (Wildman–Crippen MR) is 85.7 cm³/mol. The van der Waals surface area contributed by atoms with Crippen molar-refractivity contribution in [3.8, 4) is 0 Å². The third kappa shape index (κ3) is 3.00. The molecule has 0 atom stereocenters. The topological polar surface area (TPSA) is 25.8 Å². The predicted octanol–water partition coefficient (Wildman–Crippen LogP) is 4.45. The monoisotopic (exact) mass is 302 g/mol. The Labute approximate surface area is 127 Å². The Hall–Kier alpha value is -1.45. The molecule has 0 bridgehead atoms. The van der Waals surface area contributed by atoms with Gasteiger partial charge in [-0.15, -0.1) is 33.1 Å². The quantitative estimate of drug-likeness (QED) is 0.651. The van der Waals surface area contributed by atoms with Gasteiger partial charge in [-0.2, -0.15) is 0 Å². The van der Waals surface area contributed by atoms with Crippen LogP contribution < -0.4 is 0 Å². The lowest BCUT2D eigenvalue weighted by Crippen LogP contribution is -1.89. The molecular formula is C16H15ClN2S. The molecule has 0 aliphatic carbocycles. The molecule has 4 heteroatoms. The van der Waals surface area contributed by atoms with E-state index in [1.54, 1.807) is 11.3 Å². The maximum atomic E-state index is 5.71. The molecule has 3 rings (SSSR count). The minimum atomic E-state index is 0.679. The van der Waals surface area contributed by atoms with Crippen LogP contribution in [0.15, 0.2) is 42.5 Å². The zero-order valence-corrected chi connectivity index (χ0v) is 12.6. The van der Waals surface area contributed by atoms with Crippen LogP contribution in [0.25, 0.3) is 10.8 Å². The van der Waals surface area contributed by atoms with Gasteiger partial charge in [0, 0.05) is 18.7 Å². The van der Waals surface area contributed by atoms with Crippen LogP contribution >= 0.6 is 22.9 Å². The summed E-state index contributed by atoms with van der Waals surface area (Å²) in [5.41, 5.74) is 1.31. The number of rotatable bonds is 5. The van der Waals surface area contributed by atoms with Gasteiger partial charge in [-0.05, 0) is 22.8 Å². The maximum Gasteiger partial charge on any atom is 0.121 e. The Morgan fingerprint density at radius 1 is 0.950 bits per heavy atom. The summed E-state index contributed by atoms with van der Waals surface area (Å²) >= 11 is 7.41. The van der Waals surface area contributed by atoms with Gasteiger partial charge < -0.3 is 0 Å². The zero-order valence-electron chi connectivity index (χ0n) is 11.1. The van der Waals surface area contributed by atoms with Gasteiger partial charge in [0.2, 0.25) is 0 Å².